The molecule has 0 N–H and O–H groups in total. The number of carbonyl (C=O) groups excluding carboxylic acids is 1. The normalized spacial score (nSPS) is 10.4. The Bertz CT molecular complexity index is 533. The van der Waals surface area contributed by atoms with E-state index in [9.17, 15) is 4.79 Å². The van der Waals surface area contributed by atoms with Crippen molar-refractivity contribution in [3.8, 4) is 9.88 Å². The third kappa shape index (κ3) is 2.11. The van der Waals surface area contributed by atoms with Gasteiger partial charge < -0.3 is 4.74 Å². The van der Waals surface area contributed by atoms with E-state index in [0.29, 0.717) is 14.9 Å². The number of halogens is 1. The summed E-state index contributed by atoms with van der Waals surface area (Å²) in [4.78, 5) is 17.3. The fourth-order valence-corrected chi connectivity index (χ4v) is 3.30. The van der Waals surface area contributed by atoms with Gasteiger partial charge in [0.25, 0.3) is 0 Å². The van der Waals surface area contributed by atoms with Crippen LogP contribution in [0.5, 0.6) is 0 Å². The predicted octanol–water partition coefficient (Wildman–Crippen LogP) is 3.62. The summed E-state index contributed by atoms with van der Waals surface area (Å²) in [6.07, 6.45) is 0. The first-order valence-corrected chi connectivity index (χ1v) is 6.44. The highest BCUT2D eigenvalue weighted by Crippen LogP contribution is 2.34. The number of esters is 1. The molecular formula is C10H8ClNO2S2. The first-order valence-electron chi connectivity index (χ1n) is 4.43. The van der Waals surface area contributed by atoms with E-state index in [1.807, 2.05) is 12.1 Å². The molecule has 2 heterocycles. The van der Waals surface area contributed by atoms with E-state index in [1.165, 1.54) is 29.8 Å². The van der Waals surface area contributed by atoms with E-state index in [-0.39, 0.29) is 5.97 Å². The Labute approximate surface area is 106 Å². The van der Waals surface area contributed by atoms with Gasteiger partial charge in [0.1, 0.15) is 9.88 Å². The summed E-state index contributed by atoms with van der Waals surface area (Å²) >= 11 is 8.62. The fraction of sp³-hybridized carbons (Fsp3) is 0.200. The monoisotopic (exact) mass is 273 g/mol. The molecule has 3 nitrogen and oxygen atoms in total. The van der Waals surface area contributed by atoms with Crippen LogP contribution in [-0.2, 0) is 4.74 Å². The van der Waals surface area contributed by atoms with Gasteiger partial charge in [-0.2, -0.15) is 0 Å². The van der Waals surface area contributed by atoms with Gasteiger partial charge in [-0.3, -0.25) is 0 Å². The Morgan fingerprint density at radius 1 is 1.44 bits per heavy atom. The highest BCUT2D eigenvalue weighted by Gasteiger charge is 2.17. The predicted molar refractivity (Wildman–Crippen MR) is 66.5 cm³/mol. The van der Waals surface area contributed by atoms with E-state index in [4.69, 9.17) is 11.6 Å². The zero-order chi connectivity index (χ0) is 11.7. The van der Waals surface area contributed by atoms with Crippen molar-refractivity contribution in [2.24, 2.45) is 0 Å². The van der Waals surface area contributed by atoms with Crippen molar-refractivity contribution in [3.05, 3.63) is 27.0 Å². The van der Waals surface area contributed by atoms with E-state index in [0.717, 1.165) is 9.88 Å². The first kappa shape index (κ1) is 11.6. The highest BCUT2D eigenvalue weighted by atomic mass is 35.5. The largest absolute Gasteiger partial charge is 0.465 e. The lowest BCUT2D eigenvalue weighted by molar-refractivity contribution is 0.0605. The van der Waals surface area contributed by atoms with Crippen LogP contribution in [0.3, 0.4) is 0 Å². The molecule has 84 valence electrons. The van der Waals surface area contributed by atoms with Crippen molar-refractivity contribution in [1.82, 2.24) is 4.98 Å². The minimum Gasteiger partial charge on any atom is -0.465 e. The Morgan fingerprint density at radius 3 is 2.75 bits per heavy atom. The molecule has 2 aromatic heterocycles. The molecule has 0 amide bonds. The van der Waals surface area contributed by atoms with Crippen molar-refractivity contribution in [1.29, 1.82) is 0 Å². The number of carbonyl (C=O) groups is 1. The van der Waals surface area contributed by atoms with Crippen molar-refractivity contribution in [3.63, 3.8) is 0 Å². The van der Waals surface area contributed by atoms with Crippen LogP contribution in [0.1, 0.15) is 15.4 Å². The van der Waals surface area contributed by atoms with E-state index >= 15 is 0 Å². The number of thiazole rings is 1. The molecule has 0 radical (unpaired) electrons. The number of thiophene rings is 1. The number of rotatable bonds is 2. The quantitative estimate of drug-likeness (QED) is 0.785. The standard InChI is InChI=1S/C10H8ClNO2S2/c1-5-8(10(13)14-2)16-9(12-5)6-3-4-7(11)15-6/h3-4H,1-2H3. The molecule has 0 aromatic carbocycles. The number of ether oxygens (including phenoxy) is 1. The zero-order valence-electron chi connectivity index (χ0n) is 8.61. The van der Waals surface area contributed by atoms with Gasteiger partial charge in [-0.15, -0.1) is 22.7 Å². The SMILES string of the molecule is COC(=O)c1sc(-c2ccc(Cl)s2)nc1C. The molecule has 2 rings (SSSR count). The number of aryl methyl sites for hydroxylation is 1. The maximum absolute atomic E-state index is 11.4. The zero-order valence-corrected chi connectivity index (χ0v) is 11.0. The van der Waals surface area contributed by atoms with Gasteiger partial charge in [-0.25, -0.2) is 9.78 Å². The summed E-state index contributed by atoms with van der Waals surface area (Å²) in [5.74, 6) is -0.344. The Morgan fingerprint density at radius 2 is 2.19 bits per heavy atom. The number of hydrogen-bond donors (Lipinski definition) is 0. The lowest BCUT2D eigenvalue weighted by Crippen LogP contribution is -1.99. The smallest absolute Gasteiger partial charge is 0.349 e. The molecule has 16 heavy (non-hydrogen) atoms. The Hall–Kier alpha value is -0.910. The summed E-state index contributed by atoms with van der Waals surface area (Å²) in [7, 11) is 1.36. The summed E-state index contributed by atoms with van der Waals surface area (Å²) in [6, 6.07) is 3.71. The van der Waals surface area contributed by atoms with E-state index < -0.39 is 0 Å². The van der Waals surface area contributed by atoms with Crippen LogP contribution in [-0.4, -0.2) is 18.1 Å². The first-order chi connectivity index (χ1) is 7.61. The van der Waals surface area contributed by atoms with Crippen LogP contribution < -0.4 is 0 Å². The minimum absolute atomic E-state index is 0.344. The number of methoxy groups -OCH3 is 1. The average Bonchev–Trinajstić information content (AvgIpc) is 2.83. The fourth-order valence-electron chi connectivity index (χ4n) is 1.21. The molecule has 0 unspecified atom stereocenters. The molecule has 0 aliphatic rings. The van der Waals surface area contributed by atoms with Crippen LogP contribution >= 0.6 is 34.3 Å². The Kier molecular flexibility index (Phi) is 3.28. The summed E-state index contributed by atoms with van der Waals surface area (Å²) in [6.45, 7) is 1.79. The van der Waals surface area contributed by atoms with Gasteiger partial charge >= 0.3 is 5.97 Å². The molecule has 0 bridgehead atoms. The van der Waals surface area contributed by atoms with Crippen molar-refractivity contribution in [2.75, 3.05) is 7.11 Å². The van der Waals surface area contributed by atoms with Gasteiger partial charge in [-0.1, -0.05) is 11.6 Å². The third-order valence-electron chi connectivity index (χ3n) is 1.95. The van der Waals surface area contributed by atoms with Gasteiger partial charge in [0, 0.05) is 0 Å². The van der Waals surface area contributed by atoms with E-state index in [1.54, 1.807) is 6.92 Å². The van der Waals surface area contributed by atoms with Gasteiger partial charge in [0.15, 0.2) is 0 Å². The molecular weight excluding hydrogens is 266 g/mol. The van der Waals surface area contributed by atoms with Gasteiger partial charge in [-0.05, 0) is 19.1 Å². The lowest BCUT2D eigenvalue weighted by atomic mass is 10.4. The van der Waals surface area contributed by atoms with Crippen LogP contribution in [0.15, 0.2) is 12.1 Å². The van der Waals surface area contributed by atoms with Crippen molar-refractivity contribution >= 4 is 40.2 Å². The molecule has 6 heteroatoms. The lowest BCUT2D eigenvalue weighted by Gasteiger charge is -1.93. The second kappa shape index (κ2) is 4.53. The summed E-state index contributed by atoms with van der Waals surface area (Å²) in [5, 5.41) is 0.801. The Balaban J connectivity index is 2.41. The second-order valence-corrected chi connectivity index (χ2v) is 5.74. The molecule has 0 spiro atoms. The third-order valence-corrected chi connectivity index (χ3v) is 4.49. The maximum Gasteiger partial charge on any atom is 0.349 e. The second-order valence-electron chi connectivity index (χ2n) is 3.03. The molecule has 0 saturated carbocycles. The van der Waals surface area contributed by atoms with Crippen LogP contribution in [0.2, 0.25) is 4.34 Å². The topological polar surface area (TPSA) is 39.2 Å². The summed E-state index contributed by atoms with van der Waals surface area (Å²) < 4.78 is 5.39. The highest BCUT2D eigenvalue weighted by molar-refractivity contribution is 7.24. The number of aromatic nitrogens is 1. The maximum atomic E-state index is 11.4. The molecule has 0 fully saturated rings. The number of hydrogen-bond acceptors (Lipinski definition) is 5. The van der Waals surface area contributed by atoms with Crippen LogP contribution in [0.25, 0.3) is 9.88 Å². The molecule has 2 aromatic rings. The average molecular weight is 274 g/mol. The molecule has 0 aliphatic carbocycles. The minimum atomic E-state index is -0.344. The van der Waals surface area contributed by atoms with E-state index in [2.05, 4.69) is 9.72 Å². The van der Waals surface area contributed by atoms with Gasteiger partial charge in [0.2, 0.25) is 0 Å². The molecule has 0 saturated heterocycles. The van der Waals surface area contributed by atoms with Crippen molar-refractivity contribution in [2.45, 2.75) is 6.92 Å². The summed E-state index contributed by atoms with van der Waals surface area (Å²) in [5.41, 5.74) is 0.691. The van der Waals surface area contributed by atoms with Crippen molar-refractivity contribution < 1.29 is 9.53 Å². The van der Waals surface area contributed by atoms with Crippen LogP contribution in [0.4, 0.5) is 0 Å². The molecule has 0 aliphatic heterocycles. The van der Waals surface area contributed by atoms with Crippen LogP contribution in [0, 0.1) is 6.92 Å². The molecule has 0 atom stereocenters. The number of nitrogens with zero attached hydrogens (tertiary/aromatic N) is 1. The van der Waals surface area contributed by atoms with Gasteiger partial charge in [0.05, 0.1) is 22.0 Å².